The Balaban J connectivity index is 1.34. The first-order valence-corrected chi connectivity index (χ1v) is 10.1. The van der Waals surface area contributed by atoms with Gasteiger partial charge in [0.15, 0.2) is 0 Å². The highest BCUT2D eigenvalue weighted by atomic mass is 35.5. The lowest BCUT2D eigenvalue weighted by Gasteiger charge is -2.32. The van der Waals surface area contributed by atoms with Crippen LogP contribution in [0.5, 0.6) is 0 Å². The molecule has 0 saturated carbocycles. The number of H-pyrrole nitrogens is 1. The van der Waals surface area contributed by atoms with E-state index < -0.39 is 0 Å². The van der Waals surface area contributed by atoms with Gasteiger partial charge in [-0.15, -0.1) is 0 Å². The summed E-state index contributed by atoms with van der Waals surface area (Å²) >= 11 is 6.11. The van der Waals surface area contributed by atoms with Gasteiger partial charge in [0.1, 0.15) is 0 Å². The van der Waals surface area contributed by atoms with Gasteiger partial charge in [0.25, 0.3) is 5.91 Å². The molecule has 0 bridgehead atoms. The fourth-order valence-electron chi connectivity index (χ4n) is 4.32. The van der Waals surface area contributed by atoms with E-state index in [0.717, 1.165) is 58.2 Å². The van der Waals surface area contributed by atoms with Gasteiger partial charge >= 0.3 is 0 Å². The van der Waals surface area contributed by atoms with Crippen molar-refractivity contribution in [1.82, 2.24) is 9.88 Å². The largest absolute Gasteiger partial charge is 0.358 e. The number of carbonyl (C=O) groups excluding carboxylic acids is 1. The predicted molar refractivity (Wildman–Crippen MR) is 115 cm³/mol. The maximum absolute atomic E-state index is 13.1. The summed E-state index contributed by atoms with van der Waals surface area (Å²) in [6, 6.07) is 22.2. The van der Waals surface area contributed by atoms with E-state index in [0.29, 0.717) is 5.92 Å². The molecule has 0 radical (unpaired) electrons. The Morgan fingerprint density at radius 1 is 0.929 bits per heavy atom. The first-order chi connectivity index (χ1) is 13.7. The summed E-state index contributed by atoms with van der Waals surface area (Å²) in [7, 11) is 0. The number of carbonyl (C=O) groups is 1. The highest BCUT2D eigenvalue weighted by molar-refractivity contribution is 6.31. The summed E-state index contributed by atoms with van der Waals surface area (Å²) in [5, 5.41) is 4.05. The fraction of sp³-hybridized carbons (Fsp3) is 0.208. The first kappa shape index (κ1) is 17.3. The molecule has 5 rings (SSSR count). The minimum atomic E-state index is 0.138. The Kier molecular flexibility index (Phi) is 4.33. The molecule has 1 aromatic heterocycles. The summed E-state index contributed by atoms with van der Waals surface area (Å²) in [6.45, 7) is 1.56. The van der Waals surface area contributed by atoms with Crippen molar-refractivity contribution in [3.63, 3.8) is 0 Å². The predicted octanol–water partition coefficient (Wildman–Crippen LogP) is 5.99. The molecular formula is C24H21ClN2O. The van der Waals surface area contributed by atoms with Crippen LogP contribution in [0.15, 0.2) is 66.7 Å². The fourth-order valence-corrected chi connectivity index (χ4v) is 4.50. The van der Waals surface area contributed by atoms with Crippen LogP contribution in [0, 0.1) is 0 Å². The Hall–Kier alpha value is -2.78. The topological polar surface area (TPSA) is 36.1 Å². The van der Waals surface area contributed by atoms with Gasteiger partial charge in [-0.05, 0) is 53.9 Å². The van der Waals surface area contributed by atoms with E-state index in [4.69, 9.17) is 11.6 Å². The number of hydrogen-bond donors (Lipinski definition) is 1. The number of aromatic nitrogens is 1. The second-order valence-corrected chi connectivity index (χ2v) is 7.99. The third kappa shape index (κ3) is 3.06. The quantitative estimate of drug-likeness (QED) is 0.449. The number of rotatable bonds is 2. The van der Waals surface area contributed by atoms with Crippen LogP contribution in [0.4, 0.5) is 0 Å². The van der Waals surface area contributed by atoms with Gasteiger partial charge < -0.3 is 9.88 Å². The van der Waals surface area contributed by atoms with Gasteiger partial charge in [-0.1, -0.05) is 48.0 Å². The van der Waals surface area contributed by atoms with Gasteiger partial charge in [-0.25, -0.2) is 0 Å². The van der Waals surface area contributed by atoms with Crippen LogP contribution in [0.1, 0.15) is 34.8 Å². The SMILES string of the molecule is O=C(c1cccc2ccccc12)N1CCC(c2cc3cc(Cl)ccc3[nH]2)CC1. The zero-order chi connectivity index (χ0) is 19.1. The number of hydrogen-bond acceptors (Lipinski definition) is 1. The molecule has 3 aromatic carbocycles. The van der Waals surface area contributed by atoms with Gasteiger partial charge in [0.05, 0.1) is 0 Å². The molecule has 0 atom stereocenters. The van der Waals surface area contributed by atoms with E-state index in [1.165, 1.54) is 5.69 Å². The van der Waals surface area contributed by atoms with Crippen LogP contribution in [-0.4, -0.2) is 28.9 Å². The molecular weight excluding hydrogens is 368 g/mol. The van der Waals surface area contributed by atoms with E-state index in [-0.39, 0.29) is 5.91 Å². The van der Waals surface area contributed by atoms with E-state index in [2.05, 4.69) is 23.2 Å². The van der Waals surface area contributed by atoms with E-state index in [1.54, 1.807) is 0 Å². The van der Waals surface area contributed by atoms with Crippen LogP contribution in [0.2, 0.25) is 5.02 Å². The van der Waals surface area contributed by atoms with Crippen molar-refractivity contribution in [2.45, 2.75) is 18.8 Å². The molecule has 28 heavy (non-hydrogen) atoms. The first-order valence-electron chi connectivity index (χ1n) is 9.74. The molecule has 0 unspecified atom stereocenters. The molecule has 4 heteroatoms. The van der Waals surface area contributed by atoms with E-state index in [9.17, 15) is 4.79 Å². The standard InChI is InChI=1S/C24H21ClN2O/c25-19-8-9-22-18(14-19)15-23(26-22)17-10-12-27(13-11-17)24(28)21-7-3-5-16-4-1-2-6-20(16)21/h1-9,14-15,17,26H,10-13H2. The smallest absolute Gasteiger partial charge is 0.254 e. The Labute approximate surface area is 168 Å². The van der Waals surface area contributed by atoms with Crippen molar-refractivity contribution in [2.75, 3.05) is 13.1 Å². The van der Waals surface area contributed by atoms with Gasteiger partial charge in [0, 0.05) is 46.2 Å². The molecule has 0 aliphatic carbocycles. The van der Waals surface area contributed by atoms with E-state index >= 15 is 0 Å². The number of benzene rings is 3. The molecule has 1 aliphatic heterocycles. The average Bonchev–Trinajstić information content (AvgIpc) is 3.16. The molecule has 4 aromatic rings. The van der Waals surface area contributed by atoms with Gasteiger partial charge in [0.2, 0.25) is 0 Å². The Morgan fingerprint density at radius 3 is 2.57 bits per heavy atom. The highest BCUT2D eigenvalue weighted by Crippen LogP contribution is 2.32. The summed E-state index contributed by atoms with van der Waals surface area (Å²) < 4.78 is 0. The number of amides is 1. The highest BCUT2D eigenvalue weighted by Gasteiger charge is 2.26. The molecule has 1 amide bonds. The summed E-state index contributed by atoms with van der Waals surface area (Å²) in [5.41, 5.74) is 3.17. The van der Waals surface area contributed by atoms with Crippen LogP contribution < -0.4 is 0 Å². The second-order valence-electron chi connectivity index (χ2n) is 7.55. The average molecular weight is 389 g/mol. The molecule has 1 aliphatic rings. The maximum atomic E-state index is 13.1. The molecule has 140 valence electrons. The van der Waals surface area contributed by atoms with Crippen LogP contribution in [0.3, 0.4) is 0 Å². The van der Waals surface area contributed by atoms with Crippen molar-refractivity contribution in [2.24, 2.45) is 0 Å². The third-order valence-corrected chi connectivity index (χ3v) is 6.08. The number of fused-ring (bicyclic) bond motifs is 2. The molecule has 1 saturated heterocycles. The minimum absolute atomic E-state index is 0.138. The van der Waals surface area contributed by atoms with Crippen LogP contribution in [-0.2, 0) is 0 Å². The lowest BCUT2D eigenvalue weighted by Crippen LogP contribution is -2.38. The summed E-state index contributed by atoms with van der Waals surface area (Å²) in [5.74, 6) is 0.585. The number of nitrogens with zero attached hydrogens (tertiary/aromatic N) is 1. The molecule has 3 nitrogen and oxygen atoms in total. The van der Waals surface area contributed by atoms with Crippen LogP contribution in [0.25, 0.3) is 21.7 Å². The van der Waals surface area contributed by atoms with Crippen molar-refractivity contribution < 1.29 is 4.79 Å². The lowest BCUT2D eigenvalue weighted by molar-refractivity contribution is 0.0714. The second kappa shape index (κ2) is 6.99. The summed E-state index contributed by atoms with van der Waals surface area (Å²) in [6.07, 6.45) is 1.94. The Bertz CT molecular complexity index is 1170. The zero-order valence-electron chi connectivity index (χ0n) is 15.5. The normalized spacial score (nSPS) is 15.4. The number of aromatic amines is 1. The number of piperidine rings is 1. The van der Waals surface area contributed by atoms with Crippen molar-refractivity contribution in [3.05, 3.63) is 83.0 Å². The third-order valence-electron chi connectivity index (χ3n) is 5.85. The monoisotopic (exact) mass is 388 g/mol. The molecule has 1 N–H and O–H groups in total. The Morgan fingerprint density at radius 2 is 1.71 bits per heavy atom. The number of halogens is 1. The van der Waals surface area contributed by atoms with E-state index in [1.807, 2.05) is 53.4 Å². The molecule has 2 heterocycles. The maximum Gasteiger partial charge on any atom is 0.254 e. The van der Waals surface area contributed by atoms with Gasteiger partial charge in [-0.3, -0.25) is 4.79 Å². The summed E-state index contributed by atoms with van der Waals surface area (Å²) in [4.78, 5) is 18.7. The van der Waals surface area contributed by atoms with Crippen LogP contribution >= 0.6 is 11.6 Å². The zero-order valence-corrected chi connectivity index (χ0v) is 16.2. The lowest BCUT2D eigenvalue weighted by atomic mass is 9.93. The number of nitrogens with one attached hydrogen (secondary N) is 1. The minimum Gasteiger partial charge on any atom is -0.358 e. The molecule has 0 spiro atoms. The van der Waals surface area contributed by atoms with Crippen molar-refractivity contribution in [3.8, 4) is 0 Å². The van der Waals surface area contributed by atoms with Crippen molar-refractivity contribution >= 4 is 39.2 Å². The van der Waals surface area contributed by atoms with Gasteiger partial charge in [-0.2, -0.15) is 0 Å². The number of likely N-dealkylation sites (tertiary alicyclic amines) is 1. The molecule has 1 fully saturated rings. The van der Waals surface area contributed by atoms with Crippen molar-refractivity contribution in [1.29, 1.82) is 0 Å².